The highest BCUT2D eigenvalue weighted by atomic mass is 35.5. The van der Waals surface area contributed by atoms with Crippen molar-refractivity contribution in [3.05, 3.63) is 22.7 Å². The average molecular weight is 312 g/mol. The second-order valence-corrected chi connectivity index (χ2v) is 6.02. The molecule has 1 saturated carbocycles. The van der Waals surface area contributed by atoms with E-state index in [4.69, 9.17) is 25.8 Å². The van der Waals surface area contributed by atoms with Crippen LogP contribution in [0.5, 0.6) is 11.5 Å². The standard InChI is InChI=1S/C16H22ClNO3/c1-19-14-8-12(16-10-18-6-7-20-16)13(17)9-15(14)21-11-4-2-3-5-11/h8-9,11,16,18H,2-7,10H2,1H3. The monoisotopic (exact) mass is 311 g/mol. The Morgan fingerprint density at radius 1 is 1.24 bits per heavy atom. The molecule has 0 spiro atoms. The first-order chi connectivity index (χ1) is 10.3. The lowest BCUT2D eigenvalue weighted by Crippen LogP contribution is -2.33. The zero-order valence-electron chi connectivity index (χ0n) is 12.4. The Morgan fingerprint density at radius 3 is 2.71 bits per heavy atom. The van der Waals surface area contributed by atoms with Gasteiger partial charge in [0, 0.05) is 24.7 Å². The van der Waals surface area contributed by atoms with Crippen LogP contribution in [0.4, 0.5) is 0 Å². The lowest BCUT2D eigenvalue weighted by Gasteiger charge is -2.26. The summed E-state index contributed by atoms with van der Waals surface area (Å²) in [5.74, 6) is 1.47. The molecular weight excluding hydrogens is 290 g/mol. The van der Waals surface area contributed by atoms with Crippen LogP contribution in [-0.2, 0) is 4.74 Å². The number of methoxy groups -OCH3 is 1. The Hall–Kier alpha value is -0.970. The first-order valence-corrected chi connectivity index (χ1v) is 8.02. The van der Waals surface area contributed by atoms with E-state index in [0.717, 1.165) is 43.0 Å². The lowest BCUT2D eigenvalue weighted by molar-refractivity contribution is 0.0276. The molecule has 1 aliphatic carbocycles. The van der Waals surface area contributed by atoms with Crippen LogP contribution < -0.4 is 14.8 Å². The maximum atomic E-state index is 6.43. The minimum atomic E-state index is -0.0271. The van der Waals surface area contributed by atoms with Crippen LogP contribution >= 0.6 is 11.6 Å². The van der Waals surface area contributed by atoms with Crippen molar-refractivity contribution in [2.45, 2.75) is 37.9 Å². The summed E-state index contributed by atoms with van der Waals surface area (Å²) in [5, 5.41) is 3.99. The molecule has 3 rings (SSSR count). The third-order valence-corrected chi connectivity index (χ3v) is 4.48. The fraction of sp³-hybridized carbons (Fsp3) is 0.625. The van der Waals surface area contributed by atoms with Gasteiger partial charge in [0.15, 0.2) is 11.5 Å². The van der Waals surface area contributed by atoms with Crippen molar-refractivity contribution in [3.63, 3.8) is 0 Å². The molecule has 0 amide bonds. The molecule has 21 heavy (non-hydrogen) atoms. The summed E-state index contributed by atoms with van der Waals surface area (Å²) in [4.78, 5) is 0. The predicted molar refractivity (Wildman–Crippen MR) is 82.5 cm³/mol. The fourth-order valence-electron chi connectivity index (χ4n) is 3.00. The summed E-state index contributed by atoms with van der Waals surface area (Å²) in [6.07, 6.45) is 4.95. The Kier molecular flexibility index (Phi) is 4.88. The van der Waals surface area contributed by atoms with Gasteiger partial charge < -0.3 is 19.5 Å². The van der Waals surface area contributed by atoms with E-state index >= 15 is 0 Å². The van der Waals surface area contributed by atoms with Crippen LogP contribution in [0, 0.1) is 0 Å². The normalized spacial score (nSPS) is 23.2. The molecule has 0 aromatic heterocycles. The minimum absolute atomic E-state index is 0.0271. The molecule has 1 N–H and O–H groups in total. The van der Waals surface area contributed by atoms with E-state index in [9.17, 15) is 0 Å². The van der Waals surface area contributed by atoms with Crippen LogP contribution in [-0.4, -0.2) is 32.9 Å². The van der Waals surface area contributed by atoms with E-state index in [2.05, 4.69) is 5.32 Å². The summed E-state index contributed by atoms with van der Waals surface area (Å²) < 4.78 is 17.3. The Labute approximate surface area is 130 Å². The summed E-state index contributed by atoms with van der Waals surface area (Å²) in [6, 6.07) is 3.82. The Morgan fingerprint density at radius 2 is 2.05 bits per heavy atom. The van der Waals surface area contributed by atoms with E-state index < -0.39 is 0 Å². The molecule has 116 valence electrons. The molecule has 1 aromatic rings. The first kappa shape index (κ1) is 14.9. The highest BCUT2D eigenvalue weighted by Gasteiger charge is 2.23. The number of rotatable bonds is 4. The first-order valence-electron chi connectivity index (χ1n) is 7.64. The number of benzene rings is 1. The fourth-order valence-corrected chi connectivity index (χ4v) is 3.28. The molecule has 2 aliphatic rings. The molecular formula is C16H22ClNO3. The molecule has 2 fully saturated rings. The number of hydrogen-bond donors (Lipinski definition) is 1. The van der Waals surface area contributed by atoms with E-state index in [1.54, 1.807) is 7.11 Å². The van der Waals surface area contributed by atoms with Gasteiger partial charge in [0.05, 0.1) is 30.9 Å². The summed E-state index contributed by atoms with van der Waals surface area (Å²) in [7, 11) is 1.66. The molecule has 1 aromatic carbocycles. The summed E-state index contributed by atoms with van der Waals surface area (Å²) in [5.41, 5.74) is 0.958. The Bertz CT molecular complexity index is 483. The van der Waals surface area contributed by atoms with Gasteiger partial charge in [-0.1, -0.05) is 11.6 Å². The zero-order chi connectivity index (χ0) is 14.7. The smallest absolute Gasteiger partial charge is 0.163 e. The zero-order valence-corrected chi connectivity index (χ0v) is 13.1. The quantitative estimate of drug-likeness (QED) is 0.926. The molecule has 0 radical (unpaired) electrons. The molecule has 1 atom stereocenters. The highest BCUT2D eigenvalue weighted by Crippen LogP contribution is 2.39. The van der Waals surface area contributed by atoms with Crippen LogP contribution in [0.1, 0.15) is 37.4 Å². The van der Waals surface area contributed by atoms with E-state index in [1.165, 1.54) is 12.8 Å². The third-order valence-electron chi connectivity index (χ3n) is 4.15. The van der Waals surface area contributed by atoms with Gasteiger partial charge in [-0.2, -0.15) is 0 Å². The van der Waals surface area contributed by atoms with Gasteiger partial charge in [0.25, 0.3) is 0 Å². The third kappa shape index (κ3) is 3.44. The highest BCUT2D eigenvalue weighted by molar-refractivity contribution is 6.31. The molecule has 1 heterocycles. The van der Waals surface area contributed by atoms with Crippen molar-refractivity contribution >= 4 is 11.6 Å². The van der Waals surface area contributed by atoms with Gasteiger partial charge in [-0.3, -0.25) is 0 Å². The average Bonchev–Trinajstić information content (AvgIpc) is 3.01. The summed E-state index contributed by atoms with van der Waals surface area (Å²) >= 11 is 6.43. The van der Waals surface area contributed by atoms with Crippen LogP contribution in [0.2, 0.25) is 5.02 Å². The van der Waals surface area contributed by atoms with E-state index in [1.807, 2.05) is 12.1 Å². The van der Waals surface area contributed by atoms with Crippen molar-refractivity contribution in [1.82, 2.24) is 5.32 Å². The maximum absolute atomic E-state index is 6.43. The van der Waals surface area contributed by atoms with Crippen LogP contribution in [0.3, 0.4) is 0 Å². The number of halogens is 1. The second-order valence-electron chi connectivity index (χ2n) is 5.61. The van der Waals surface area contributed by atoms with Gasteiger partial charge >= 0.3 is 0 Å². The SMILES string of the molecule is COc1cc(C2CNCCO2)c(Cl)cc1OC1CCCC1. The maximum Gasteiger partial charge on any atom is 0.163 e. The van der Waals surface area contributed by atoms with Crippen LogP contribution in [0.15, 0.2) is 12.1 Å². The van der Waals surface area contributed by atoms with Crippen molar-refractivity contribution < 1.29 is 14.2 Å². The largest absolute Gasteiger partial charge is 0.493 e. The van der Waals surface area contributed by atoms with E-state index in [0.29, 0.717) is 11.6 Å². The van der Waals surface area contributed by atoms with Crippen LogP contribution in [0.25, 0.3) is 0 Å². The number of ether oxygens (including phenoxy) is 3. The molecule has 1 unspecified atom stereocenters. The number of morpholine rings is 1. The molecule has 4 nitrogen and oxygen atoms in total. The van der Waals surface area contributed by atoms with Crippen molar-refractivity contribution in [1.29, 1.82) is 0 Å². The second kappa shape index (κ2) is 6.86. The van der Waals surface area contributed by atoms with Crippen molar-refractivity contribution in [3.8, 4) is 11.5 Å². The summed E-state index contributed by atoms with van der Waals surface area (Å²) in [6.45, 7) is 2.35. The molecule has 1 aliphatic heterocycles. The minimum Gasteiger partial charge on any atom is -0.493 e. The van der Waals surface area contributed by atoms with Crippen molar-refractivity contribution in [2.75, 3.05) is 26.8 Å². The molecule has 5 heteroatoms. The van der Waals surface area contributed by atoms with Gasteiger partial charge in [-0.15, -0.1) is 0 Å². The van der Waals surface area contributed by atoms with Gasteiger partial charge in [-0.25, -0.2) is 0 Å². The van der Waals surface area contributed by atoms with E-state index in [-0.39, 0.29) is 12.2 Å². The predicted octanol–water partition coefficient (Wildman–Crippen LogP) is 3.33. The molecule has 0 bridgehead atoms. The van der Waals surface area contributed by atoms with Gasteiger partial charge in [0.2, 0.25) is 0 Å². The Balaban J connectivity index is 1.82. The number of nitrogens with one attached hydrogen (secondary N) is 1. The lowest BCUT2D eigenvalue weighted by atomic mass is 10.1. The van der Waals surface area contributed by atoms with Crippen molar-refractivity contribution in [2.24, 2.45) is 0 Å². The molecule has 1 saturated heterocycles. The topological polar surface area (TPSA) is 39.7 Å². The van der Waals surface area contributed by atoms with Gasteiger partial charge in [-0.05, 0) is 31.7 Å². The number of hydrogen-bond acceptors (Lipinski definition) is 4. The van der Waals surface area contributed by atoms with Gasteiger partial charge in [0.1, 0.15) is 0 Å².